The topological polar surface area (TPSA) is 107 Å². The molecule has 1 aliphatic heterocycles. The molecule has 3 aromatic rings. The molecule has 186 valence electrons. The zero-order valence-corrected chi connectivity index (χ0v) is 25.2. The van der Waals surface area contributed by atoms with Crippen molar-refractivity contribution in [2.75, 3.05) is 6.61 Å². The number of aliphatic hydroxyl groups excluding tert-OH is 1. The number of rotatable bonds is 3. The molecule has 0 fully saturated rings. The summed E-state index contributed by atoms with van der Waals surface area (Å²) >= 11 is 0. The maximum atomic E-state index is 13.4. The summed E-state index contributed by atoms with van der Waals surface area (Å²) in [6.07, 6.45) is 4.46. The number of sulfonamides is 1. The van der Waals surface area contributed by atoms with Gasteiger partial charge in [0.1, 0.15) is 10.7 Å². The summed E-state index contributed by atoms with van der Waals surface area (Å²) in [6, 6.07) is 14.9. The molecular formula is C26H31FN3O3SU-. The van der Waals surface area contributed by atoms with Crippen LogP contribution in [0.5, 0.6) is 0 Å². The Morgan fingerprint density at radius 1 is 1.06 bits per heavy atom. The average Bonchev–Trinajstić information content (AvgIpc) is 3.41. The van der Waals surface area contributed by atoms with Gasteiger partial charge in [0.15, 0.2) is 0 Å². The Hall–Kier alpha value is -1.76. The summed E-state index contributed by atoms with van der Waals surface area (Å²) in [5.41, 5.74) is 6.18. The number of fused-ring (bicyclic) bond motifs is 2. The molecule has 35 heavy (non-hydrogen) atoms. The molecule has 0 spiro atoms. The number of hydrogen-bond donors (Lipinski definition) is 2. The Labute approximate surface area is 231 Å². The Bertz CT molecular complexity index is 1240. The van der Waals surface area contributed by atoms with Crippen LogP contribution in [-0.2, 0) is 29.3 Å². The molecular weight excluding hydrogens is 691 g/mol. The van der Waals surface area contributed by atoms with E-state index in [0.717, 1.165) is 24.1 Å². The molecule has 5 rings (SSSR count). The second-order valence-electron chi connectivity index (χ2n) is 8.29. The number of aromatic nitrogens is 1. The van der Waals surface area contributed by atoms with Crippen molar-refractivity contribution in [3.63, 3.8) is 0 Å². The summed E-state index contributed by atoms with van der Waals surface area (Å²) in [6.45, 7) is 6.17. The minimum absolute atomic E-state index is 0. The summed E-state index contributed by atoms with van der Waals surface area (Å²) < 4.78 is 35.4. The monoisotopic (exact) mass is 722 g/mol. The predicted octanol–water partition coefficient (Wildman–Crippen LogP) is 4.90. The van der Waals surface area contributed by atoms with Gasteiger partial charge < -0.3 is 10.4 Å². The number of nitrogens with two attached hydrogens (primary N) is 1. The van der Waals surface area contributed by atoms with Crippen LogP contribution in [0.2, 0.25) is 0 Å². The molecule has 2 aromatic carbocycles. The van der Waals surface area contributed by atoms with Crippen LogP contribution in [0.1, 0.15) is 37.5 Å². The van der Waals surface area contributed by atoms with E-state index in [-0.39, 0.29) is 43.8 Å². The molecule has 9 heteroatoms. The van der Waals surface area contributed by atoms with E-state index in [1.54, 1.807) is 0 Å². The van der Waals surface area contributed by atoms with E-state index >= 15 is 0 Å². The van der Waals surface area contributed by atoms with Crippen molar-refractivity contribution in [1.82, 2.24) is 4.98 Å². The molecule has 2 atom stereocenters. The fraction of sp³-hybridized carbons (Fsp3) is 0.346. The summed E-state index contributed by atoms with van der Waals surface area (Å²) in [5, 5.41) is 18.3. The third kappa shape index (κ3) is 7.37. The van der Waals surface area contributed by atoms with Gasteiger partial charge in [0, 0.05) is 49.5 Å². The van der Waals surface area contributed by atoms with Gasteiger partial charge in [0.2, 0.25) is 10.0 Å². The molecule has 1 aromatic heterocycles. The van der Waals surface area contributed by atoms with Crippen LogP contribution in [0, 0.1) is 42.8 Å². The smallest absolute Gasteiger partial charge is 0.240 e. The van der Waals surface area contributed by atoms with E-state index in [0.29, 0.717) is 18.0 Å². The molecule has 0 amide bonds. The van der Waals surface area contributed by atoms with E-state index in [4.69, 9.17) is 5.14 Å². The minimum Gasteiger partial charge on any atom is -0.681 e. The number of pyridine rings is 1. The van der Waals surface area contributed by atoms with Crippen LogP contribution in [0.25, 0.3) is 16.6 Å². The van der Waals surface area contributed by atoms with Gasteiger partial charge >= 0.3 is 0 Å². The Kier molecular flexibility index (Phi) is 10.9. The molecule has 0 saturated carbocycles. The molecule has 0 saturated heterocycles. The van der Waals surface area contributed by atoms with Crippen molar-refractivity contribution in [3.05, 3.63) is 82.6 Å². The van der Waals surface area contributed by atoms with Crippen LogP contribution in [0.4, 0.5) is 10.1 Å². The molecule has 0 radical (unpaired) electrons. The SMILES string of the molecule is CC.CC1Cc2cc(F)c(S(N)(=O)=O)cc2[N-]1.OC[C@@H]1Cc2ccc(-c3ccccn3)cc2C1.[U]. The summed E-state index contributed by atoms with van der Waals surface area (Å²) in [5.74, 6) is -0.399. The second kappa shape index (κ2) is 13.0. The van der Waals surface area contributed by atoms with Crippen molar-refractivity contribution in [1.29, 1.82) is 0 Å². The number of benzene rings is 2. The number of halogens is 1. The van der Waals surface area contributed by atoms with Crippen molar-refractivity contribution < 1.29 is 49.0 Å². The maximum absolute atomic E-state index is 13.4. The number of primary sulfonamides is 1. The first-order valence-electron chi connectivity index (χ1n) is 11.4. The molecule has 2 heterocycles. The van der Waals surface area contributed by atoms with Crippen molar-refractivity contribution in [3.8, 4) is 11.3 Å². The molecule has 1 unspecified atom stereocenters. The van der Waals surface area contributed by atoms with Crippen molar-refractivity contribution in [2.24, 2.45) is 11.1 Å². The standard InChI is InChI=1S/C15H15NO.C9H10FN2O2S.C2H6.U/c17-10-11-7-12-4-5-13(9-14(12)8-11)15-3-1-2-6-16-15;1-5-2-6-3-7(10)9(15(11,13)14)4-8(6)12-5;1-2;/h1-6,9,11,17H,7-8,10H2;3-5H,2H2,1H3,(H2,11,13,14);1-2H3;/q;-1;;/t11-;;;/m1.../s1. The summed E-state index contributed by atoms with van der Waals surface area (Å²) in [7, 11) is -4.01. The molecule has 0 bridgehead atoms. The van der Waals surface area contributed by atoms with Gasteiger partial charge in [-0.1, -0.05) is 50.6 Å². The second-order valence-corrected chi connectivity index (χ2v) is 9.82. The predicted molar refractivity (Wildman–Crippen MR) is 133 cm³/mol. The Morgan fingerprint density at radius 2 is 1.77 bits per heavy atom. The molecule has 2 aliphatic rings. The van der Waals surface area contributed by atoms with Crippen molar-refractivity contribution in [2.45, 2.75) is 51.0 Å². The first-order valence-corrected chi connectivity index (χ1v) is 13.0. The van der Waals surface area contributed by atoms with E-state index in [2.05, 4.69) is 28.5 Å². The maximum Gasteiger partial charge on any atom is 0.240 e. The fourth-order valence-corrected chi connectivity index (χ4v) is 4.82. The van der Waals surface area contributed by atoms with Crippen LogP contribution < -0.4 is 5.14 Å². The van der Waals surface area contributed by atoms with E-state index in [9.17, 15) is 17.9 Å². The van der Waals surface area contributed by atoms with Crippen LogP contribution in [-0.4, -0.2) is 31.2 Å². The summed E-state index contributed by atoms with van der Waals surface area (Å²) in [4.78, 5) is 3.88. The zero-order chi connectivity index (χ0) is 24.9. The molecule has 3 N–H and O–H groups in total. The zero-order valence-electron chi connectivity index (χ0n) is 20.2. The van der Waals surface area contributed by atoms with E-state index < -0.39 is 20.7 Å². The largest absolute Gasteiger partial charge is 0.681 e. The van der Waals surface area contributed by atoms with Gasteiger partial charge in [0.05, 0.1) is 5.69 Å². The third-order valence-corrected chi connectivity index (χ3v) is 6.68. The van der Waals surface area contributed by atoms with Gasteiger partial charge in [0.25, 0.3) is 0 Å². The Morgan fingerprint density at radius 3 is 2.40 bits per heavy atom. The minimum atomic E-state index is -4.01. The van der Waals surface area contributed by atoms with Crippen molar-refractivity contribution >= 4 is 15.7 Å². The van der Waals surface area contributed by atoms with Gasteiger partial charge in [-0.15, -0.1) is 11.7 Å². The first kappa shape index (κ1) is 29.5. The number of aliphatic hydroxyl groups is 1. The van der Waals surface area contributed by atoms with Crippen LogP contribution in [0.15, 0.2) is 59.6 Å². The van der Waals surface area contributed by atoms with Gasteiger partial charge in [-0.2, -0.15) is 0 Å². The van der Waals surface area contributed by atoms with E-state index in [1.807, 2.05) is 45.2 Å². The van der Waals surface area contributed by atoms with Gasteiger partial charge in [-0.05, 0) is 60.6 Å². The fourth-order valence-electron chi connectivity index (χ4n) is 4.22. The Balaban J connectivity index is 0.000000226. The number of hydrogen-bond acceptors (Lipinski definition) is 4. The molecule has 6 nitrogen and oxygen atoms in total. The number of nitrogens with zero attached hydrogens (tertiary/aromatic N) is 2. The van der Waals surface area contributed by atoms with E-state index in [1.165, 1.54) is 28.8 Å². The van der Waals surface area contributed by atoms with Gasteiger partial charge in [-0.25, -0.2) is 17.9 Å². The third-order valence-electron chi connectivity index (χ3n) is 5.76. The quantitative estimate of drug-likeness (QED) is 0.401. The average molecular weight is 723 g/mol. The molecule has 1 aliphatic carbocycles. The van der Waals surface area contributed by atoms with Gasteiger partial charge in [-0.3, -0.25) is 4.98 Å². The van der Waals surface area contributed by atoms with Crippen LogP contribution in [0.3, 0.4) is 0 Å². The van der Waals surface area contributed by atoms with Crippen LogP contribution >= 0.6 is 0 Å². The normalized spacial score (nSPS) is 17.4. The first-order chi connectivity index (χ1) is 16.2.